The second-order valence-corrected chi connectivity index (χ2v) is 2.36. The number of rotatable bonds is 2. The Morgan fingerprint density at radius 2 is 2.08 bits per heavy atom. The number of aromatic nitrogens is 1. The fourth-order valence-corrected chi connectivity index (χ4v) is 0.947. The van der Waals surface area contributed by atoms with Crippen LogP contribution in [-0.2, 0) is 0 Å². The van der Waals surface area contributed by atoms with Crippen LogP contribution in [-0.4, -0.2) is 12.1 Å². The third kappa shape index (κ3) is 1.52. The molecule has 0 aromatic carbocycles. The summed E-state index contributed by atoms with van der Waals surface area (Å²) >= 11 is 0. The molecule has 0 saturated heterocycles. The van der Waals surface area contributed by atoms with E-state index < -0.39 is 6.43 Å². The van der Waals surface area contributed by atoms with Gasteiger partial charge in [-0.3, -0.25) is 4.98 Å². The fraction of sp³-hybridized carbons (Fsp3) is 0.375. The van der Waals surface area contributed by atoms with Gasteiger partial charge in [0.15, 0.2) is 0 Å². The molecule has 1 heterocycles. The third-order valence-corrected chi connectivity index (χ3v) is 1.66. The molecule has 12 heavy (non-hydrogen) atoms. The first-order valence-corrected chi connectivity index (χ1v) is 3.43. The lowest BCUT2D eigenvalue weighted by Gasteiger charge is -2.07. The summed E-state index contributed by atoms with van der Waals surface area (Å²) in [6.45, 7) is 1.59. The molecule has 0 unspecified atom stereocenters. The topological polar surface area (TPSA) is 22.1 Å². The van der Waals surface area contributed by atoms with Crippen LogP contribution in [0.3, 0.4) is 0 Å². The number of hydrogen-bond donors (Lipinski definition) is 0. The summed E-state index contributed by atoms with van der Waals surface area (Å²) < 4.78 is 29.3. The van der Waals surface area contributed by atoms with Crippen molar-refractivity contribution in [1.82, 2.24) is 4.98 Å². The molecule has 0 atom stereocenters. The van der Waals surface area contributed by atoms with Gasteiger partial charge in [-0.25, -0.2) is 8.78 Å². The highest BCUT2D eigenvalue weighted by Gasteiger charge is 2.13. The maximum Gasteiger partial charge on any atom is 0.265 e. The van der Waals surface area contributed by atoms with Crippen molar-refractivity contribution >= 4 is 0 Å². The molecular formula is C8H9F2NO. The maximum absolute atomic E-state index is 12.2. The smallest absolute Gasteiger partial charge is 0.265 e. The molecular weight excluding hydrogens is 164 g/mol. The first-order chi connectivity index (χ1) is 5.66. The minimum absolute atomic E-state index is 0.0747. The third-order valence-electron chi connectivity index (χ3n) is 1.66. The Hall–Kier alpha value is -1.19. The van der Waals surface area contributed by atoms with E-state index in [1.54, 1.807) is 6.92 Å². The van der Waals surface area contributed by atoms with E-state index in [0.29, 0.717) is 11.3 Å². The minimum atomic E-state index is -2.49. The van der Waals surface area contributed by atoms with Crippen LogP contribution < -0.4 is 4.74 Å². The van der Waals surface area contributed by atoms with Gasteiger partial charge in [0.25, 0.3) is 6.43 Å². The average molecular weight is 173 g/mol. The lowest BCUT2D eigenvalue weighted by atomic mass is 10.1. The lowest BCUT2D eigenvalue weighted by molar-refractivity contribution is 0.149. The van der Waals surface area contributed by atoms with Gasteiger partial charge in [0.05, 0.1) is 13.3 Å². The van der Waals surface area contributed by atoms with E-state index >= 15 is 0 Å². The van der Waals surface area contributed by atoms with Crippen LogP contribution in [0.1, 0.15) is 17.6 Å². The molecule has 1 rings (SSSR count). The van der Waals surface area contributed by atoms with Gasteiger partial charge in [0, 0.05) is 17.3 Å². The molecule has 2 nitrogen and oxygen atoms in total. The molecule has 0 spiro atoms. The van der Waals surface area contributed by atoms with Gasteiger partial charge < -0.3 is 4.74 Å². The number of alkyl halides is 2. The SMILES string of the molecule is COc1cncc(C(F)F)c1C. The van der Waals surface area contributed by atoms with E-state index in [4.69, 9.17) is 4.74 Å². The van der Waals surface area contributed by atoms with Crippen molar-refractivity contribution in [2.45, 2.75) is 13.3 Å². The van der Waals surface area contributed by atoms with E-state index in [-0.39, 0.29) is 5.56 Å². The van der Waals surface area contributed by atoms with Crippen molar-refractivity contribution in [2.75, 3.05) is 7.11 Å². The molecule has 0 aliphatic heterocycles. The zero-order valence-corrected chi connectivity index (χ0v) is 6.84. The molecule has 4 heteroatoms. The molecule has 0 aliphatic rings. The van der Waals surface area contributed by atoms with Crippen LogP contribution in [0.25, 0.3) is 0 Å². The van der Waals surface area contributed by atoms with Crippen LogP contribution in [0.2, 0.25) is 0 Å². The van der Waals surface area contributed by atoms with Crippen LogP contribution in [0.5, 0.6) is 5.75 Å². The molecule has 0 N–H and O–H groups in total. The number of pyridine rings is 1. The zero-order valence-electron chi connectivity index (χ0n) is 6.84. The number of nitrogens with zero attached hydrogens (tertiary/aromatic N) is 1. The zero-order chi connectivity index (χ0) is 9.14. The van der Waals surface area contributed by atoms with Crippen molar-refractivity contribution < 1.29 is 13.5 Å². The molecule has 0 amide bonds. The summed E-state index contributed by atoms with van der Waals surface area (Å²) in [6.07, 6.45) is 0.0802. The predicted octanol–water partition coefficient (Wildman–Crippen LogP) is 2.34. The van der Waals surface area contributed by atoms with Crippen LogP contribution >= 0.6 is 0 Å². The second-order valence-electron chi connectivity index (χ2n) is 2.36. The average Bonchev–Trinajstić information content (AvgIpc) is 2.04. The normalized spacial score (nSPS) is 10.4. The monoisotopic (exact) mass is 173 g/mol. The van der Waals surface area contributed by atoms with Crippen molar-refractivity contribution in [2.24, 2.45) is 0 Å². The van der Waals surface area contributed by atoms with Gasteiger partial charge in [0.2, 0.25) is 0 Å². The quantitative estimate of drug-likeness (QED) is 0.684. The number of ether oxygens (including phenoxy) is 1. The molecule has 0 aliphatic carbocycles. The Bertz CT molecular complexity index is 276. The van der Waals surface area contributed by atoms with Crippen molar-refractivity contribution in [3.05, 3.63) is 23.5 Å². The second kappa shape index (κ2) is 3.47. The summed E-state index contributed by atoms with van der Waals surface area (Å²) in [5, 5.41) is 0. The van der Waals surface area contributed by atoms with Crippen LogP contribution in [0, 0.1) is 6.92 Å². The molecule has 1 aromatic rings. The van der Waals surface area contributed by atoms with E-state index in [0.717, 1.165) is 6.20 Å². The molecule has 0 saturated carbocycles. The van der Waals surface area contributed by atoms with Gasteiger partial charge in [-0.1, -0.05) is 0 Å². The van der Waals surface area contributed by atoms with Crippen LogP contribution in [0.15, 0.2) is 12.4 Å². The summed E-state index contributed by atoms with van der Waals surface area (Å²) in [4.78, 5) is 3.63. The molecule has 0 fully saturated rings. The predicted molar refractivity (Wildman–Crippen MR) is 40.5 cm³/mol. The number of methoxy groups -OCH3 is 1. The Kier molecular flexibility index (Phi) is 2.58. The van der Waals surface area contributed by atoms with Gasteiger partial charge in [0.1, 0.15) is 5.75 Å². The maximum atomic E-state index is 12.2. The largest absolute Gasteiger partial charge is 0.495 e. The minimum Gasteiger partial charge on any atom is -0.495 e. The fourth-order valence-electron chi connectivity index (χ4n) is 0.947. The summed E-state index contributed by atoms with van der Waals surface area (Å²) in [5.74, 6) is 0.396. The Morgan fingerprint density at radius 3 is 2.58 bits per heavy atom. The first-order valence-electron chi connectivity index (χ1n) is 3.43. The summed E-state index contributed by atoms with van der Waals surface area (Å²) in [5.41, 5.74) is 0.372. The molecule has 0 radical (unpaired) electrons. The molecule has 0 bridgehead atoms. The van der Waals surface area contributed by atoms with E-state index in [1.807, 2.05) is 0 Å². The summed E-state index contributed by atoms with van der Waals surface area (Å²) in [6, 6.07) is 0. The highest BCUT2D eigenvalue weighted by atomic mass is 19.3. The van der Waals surface area contributed by atoms with Crippen molar-refractivity contribution in [1.29, 1.82) is 0 Å². The lowest BCUT2D eigenvalue weighted by Crippen LogP contribution is -1.95. The van der Waals surface area contributed by atoms with Crippen LogP contribution in [0.4, 0.5) is 8.78 Å². The van der Waals surface area contributed by atoms with Gasteiger partial charge in [-0.05, 0) is 6.92 Å². The van der Waals surface area contributed by atoms with Gasteiger partial charge in [-0.2, -0.15) is 0 Å². The first kappa shape index (κ1) is 8.90. The van der Waals surface area contributed by atoms with E-state index in [9.17, 15) is 8.78 Å². The standard InChI is InChI=1S/C8H9F2NO/c1-5-6(8(9)10)3-11-4-7(5)12-2/h3-4,8H,1-2H3. The van der Waals surface area contributed by atoms with Crippen molar-refractivity contribution in [3.63, 3.8) is 0 Å². The molecule has 1 aromatic heterocycles. The summed E-state index contributed by atoms with van der Waals surface area (Å²) in [7, 11) is 1.43. The highest BCUT2D eigenvalue weighted by Crippen LogP contribution is 2.27. The van der Waals surface area contributed by atoms with Gasteiger partial charge >= 0.3 is 0 Å². The van der Waals surface area contributed by atoms with E-state index in [1.165, 1.54) is 13.3 Å². The van der Waals surface area contributed by atoms with Gasteiger partial charge in [-0.15, -0.1) is 0 Å². The Morgan fingerprint density at radius 1 is 1.42 bits per heavy atom. The number of hydrogen-bond acceptors (Lipinski definition) is 2. The molecule has 66 valence electrons. The van der Waals surface area contributed by atoms with E-state index in [2.05, 4.69) is 4.98 Å². The Balaban J connectivity index is 3.14. The highest BCUT2D eigenvalue weighted by molar-refractivity contribution is 5.36. The number of halogens is 2. The van der Waals surface area contributed by atoms with Crippen molar-refractivity contribution in [3.8, 4) is 5.75 Å². The Labute approximate surface area is 69.2 Å².